The molecule has 224 valence electrons. The predicted molar refractivity (Wildman–Crippen MR) is 146 cm³/mol. The zero-order chi connectivity index (χ0) is 30.4. The molecule has 16 heteroatoms. The van der Waals surface area contributed by atoms with Crippen molar-refractivity contribution in [3.05, 3.63) is 69.8 Å². The quantitative estimate of drug-likeness (QED) is 0.311. The van der Waals surface area contributed by atoms with E-state index in [1.807, 2.05) is 4.90 Å². The van der Waals surface area contributed by atoms with E-state index in [9.17, 15) is 39.6 Å². The molecular weight excluding hydrogens is 608 g/mol. The van der Waals surface area contributed by atoms with Crippen molar-refractivity contribution in [2.24, 2.45) is 4.99 Å². The highest BCUT2D eigenvalue weighted by atomic mass is 32.2. The Labute approximate surface area is 240 Å². The van der Waals surface area contributed by atoms with E-state index < -0.39 is 46.0 Å². The molecule has 0 saturated carbocycles. The lowest BCUT2D eigenvalue weighted by molar-refractivity contribution is -0.143. The second kappa shape index (κ2) is 11.0. The SMILES string of the molecule is CS(=O)(=O)NC1CCN(C2=NC(=O)C(=Cc3ccc4c(cnn4Cc4ccc(C(F)(F)F)cc4C(F)(F)F)c3)S2)CC1. The minimum atomic E-state index is -4.99. The maximum Gasteiger partial charge on any atom is 0.416 e. The Kier molecular flexibility index (Phi) is 7.91. The molecule has 42 heavy (non-hydrogen) atoms. The second-order valence-electron chi connectivity index (χ2n) is 9.95. The van der Waals surface area contributed by atoms with Gasteiger partial charge in [0.15, 0.2) is 5.17 Å². The number of alkyl halides is 6. The lowest BCUT2D eigenvalue weighted by atomic mass is 10.0. The smallest absolute Gasteiger partial charge is 0.351 e. The number of sulfonamides is 1. The number of rotatable bonds is 5. The van der Waals surface area contributed by atoms with E-state index in [0.717, 1.165) is 12.3 Å². The van der Waals surface area contributed by atoms with E-state index in [-0.39, 0.29) is 17.7 Å². The van der Waals surface area contributed by atoms with Crippen LogP contribution in [0.3, 0.4) is 0 Å². The van der Waals surface area contributed by atoms with Gasteiger partial charge in [-0.25, -0.2) is 13.1 Å². The maximum absolute atomic E-state index is 13.6. The van der Waals surface area contributed by atoms with Gasteiger partial charge in [0, 0.05) is 24.5 Å². The number of amides is 1. The normalized spacial score (nSPS) is 18.4. The Morgan fingerprint density at radius 3 is 2.40 bits per heavy atom. The van der Waals surface area contributed by atoms with Gasteiger partial charge in [0.2, 0.25) is 10.0 Å². The molecule has 0 spiro atoms. The van der Waals surface area contributed by atoms with Crippen LogP contribution in [0.15, 0.2) is 52.5 Å². The molecule has 1 fully saturated rings. The van der Waals surface area contributed by atoms with Crippen molar-refractivity contribution in [3.63, 3.8) is 0 Å². The van der Waals surface area contributed by atoms with Crippen LogP contribution in [0.2, 0.25) is 0 Å². The zero-order valence-electron chi connectivity index (χ0n) is 21.8. The van der Waals surface area contributed by atoms with Crippen LogP contribution in [-0.4, -0.2) is 59.6 Å². The molecule has 0 radical (unpaired) electrons. The highest BCUT2D eigenvalue weighted by Gasteiger charge is 2.38. The predicted octanol–water partition coefficient (Wildman–Crippen LogP) is 5.11. The molecular formula is C26H23F6N5O3S2. The first kappa shape index (κ1) is 30.1. The molecule has 1 saturated heterocycles. The van der Waals surface area contributed by atoms with Crippen molar-refractivity contribution in [3.8, 4) is 0 Å². The summed E-state index contributed by atoms with van der Waals surface area (Å²) >= 11 is 1.19. The number of nitrogens with one attached hydrogen (secondary N) is 1. The molecule has 8 nitrogen and oxygen atoms in total. The van der Waals surface area contributed by atoms with Gasteiger partial charge in [-0.15, -0.1) is 0 Å². The molecule has 3 aromatic rings. The van der Waals surface area contributed by atoms with Crippen LogP contribution < -0.4 is 4.72 Å². The first-order valence-electron chi connectivity index (χ1n) is 12.5. The van der Waals surface area contributed by atoms with E-state index in [1.54, 1.807) is 24.3 Å². The molecule has 2 aliphatic rings. The number of likely N-dealkylation sites (tertiary alicyclic amines) is 1. The molecule has 2 aliphatic heterocycles. The number of hydrogen-bond acceptors (Lipinski definition) is 6. The van der Waals surface area contributed by atoms with Gasteiger partial charge in [-0.05, 0) is 66.1 Å². The first-order valence-corrected chi connectivity index (χ1v) is 15.3. The Hall–Kier alpha value is -3.37. The summed E-state index contributed by atoms with van der Waals surface area (Å²) in [6, 6.07) is 6.30. The number of halogens is 6. The van der Waals surface area contributed by atoms with Crippen LogP contribution in [-0.2, 0) is 33.7 Å². The number of thioether (sulfide) groups is 1. The number of benzene rings is 2. The third-order valence-electron chi connectivity index (χ3n) is 6.78. The first-order chi connectivity index (χ1) is 19.6. The molecule has 0 atom stereocenters. The van der Waals surface area contributed by atoms with Gasteiger partial charge < -0.3 is 4.90 Å². The average Bonchev–Trinajstić information content (AvgIpc) is 3.45. The van der Waals surface area contributed by atoms with Gasteiger partial charge in [-0.2, -0.15) is 36.4 Å². The van der Waals surface area contributed by atoms with Gasteiger partial charge in [0.05, 0.1) is 40.5 Å². The molecule has 3 heterocycles. The summed E-state index contributed by atoms with van der Waals surface area (Å²) in [6.45, 7) is 0.651. The summed E-state index contributed by atoms with van der Waals surface area (Å²) in [5.74, 6) is -0.427. The Bertz CT molecular complexity index is 1710. The van der Waals surface area contributed by atoms with Crippen LogP contribution >= 0.6 is 11.8 Å². The molecule has 1 N–H and O–H groups in total. The largest absolute Gasteiger partial charge is 0.416 e. The van der Waals surface area contributed by atoms with Gasteiger partial charge in [0.1, 0.15) is 0 Å². The van der Waals surface area contributed by atoms with Gasteiger partial charge >= 0.3 is 12.4 Å². The van der Waals surface area contributed by atoms with Crippen molar-refractivity contribution in [1.29, 1.82) is 0 Å². The van der Waals surface area contributed by atoms with E-state index in [1.165, 1.54) is 22.6 Å². The third-order valence-corrected chi connectivity index (χ3v) is 8.59. The van der Waals surface area contributed by atoms with Gasteiger partial charge in [-0.1, -0.05) is 12.1 Å². The number of carbonyl (C=O) groups is 1. The molecule has 0 bridgehead atoms. The van der Waals surface area contributed by atoms with Gasteiger partial charge in [0.25, 0.3) is 5.91 Å². The Morgan fingerprint density at radius 2 is 1.76 bits per heavy atom. The monoisotopic (exact) mass is 631 g/mol. The fourth-order valence-electron chi connectivity index (χ4n) is 4.81. The van der Waals surface area contributed by atoms with Gasteiger partial charge in [-0.3, -0.25) is 9.48 Å². The molecule has 1 aromatic heterocycles. The number of hydrogen-bond donors (Lipinski definition) is 1. The van der Waals surface area contributed by atoms with Crippen molar-refractivity contribution in [1.82, 2.24) is 19.4 Å². The summed E-state index contributed by atoms with van der Waals surface area (Å²) < 4.78 is 107. The van der Waals surface area contributed by atoms with E-state index >= 15 is 0 Å². The fraction of sp³-hybridized carbons (Fsp3) is 0.346. The fourth-order valence-corrected chi connectivity index (χ4v) is 6.62. The minimum Gasteiger partial charge on any atom is -0.351 e. The Balaban J connectivity index is 1.30. The average molecular weight is 632 g/mol. The summed E-state index contributed by atoms with van der Waals surface area (Å²) in [5, 5.41) is 5.22. The summed E-state index contributed by atoms with van der Waals surface area (Å²) in [7, 11) is -3.31. The van der Waals surface area contributed by atoms with Crippen molar-refractivity contribution >= 4 is 49.8 Å². The molecule has 5 rings (SSSR count). The van der Waals surface area contributed by atoms with Crippen molar-refractivity contribution < 1.29 is 39.6 Å². The number of aliphatic imine (C=N–C) groups is 1. The molecule has 0 unspecified atom stereocenters. The molecule has 2 aromatic carbocycles. The highest BCUT2D eigenvalue weighted by molar-refractivity contribution is 8.18. The van der Waals surface area contributed by atoms with Crippen LogP contribution in [0.1, 0.15) is 35.1 Å². The number of amidine groups is 1. The van der Waals surface area contributed by atoms with Crippen LogP contribution in [0.25, 0.3) is 17.0 Å². The van der Waals surface area contributed by atoms with Crippen molar-refractivity contribution in [2.75, 3.05) is 19.3 Å². The number of carbonyl (C=O) groups excluding carboxylic acids is 1. The van der Waals surface area contributed by atoms with Crippen molar-refractivity contribution in [2.45, 2.75) is 37.8 Å². The van der Waals surface area contributed by atoms with E-state index in [2.05, 4.69) is 14.8 Å². The van der Waals surface area contributed by atoms with E-state index in [0.29, 0.717) is 58.5 Å². The number of fused-ring (bicyclic) bond motifs is 1. The highest BCUT2D eigenvalue weighted by Crippen LogP contribution is 2.38. The number of piperidine rings is 1. The van der Waals surface area contributed by atoms with Crippen LogP contribution in [0.4, 0.5) is 26.3 Å². The second-order valence-corrected chi connectivity index (χ2v) is 12.7. The van der Waals surface area contributed by atoms with Crippen LogP contribution in [0.5, 0.6) is 0 Å². The minimum absolute atomic E-state index is 0.104. The maximum atomic E-state index is 13.6. The summed E-state index contributed by atoms with van der Waals surface area (Å²) in [6.07, 6.45) is -4.60. The molecule has 1 amide bonds. The van der Waals surface area contributed by atoms with Crippen LogP contribution in [0, 0.1) is 0 Å². The topological polar surface area (TPSA) is 96.7 Å². The number of nitrogens with zero attached hydrogens (tertiary/aromatic N) is 4. The lowest BCUT2D eigenvalue weighted by Gasteiger charge is -2.32. The summed E-state index contributed by atoms with van der Waals surface area (Å²) in [5.41, 5.74) is -2.05. The summed E-state index contributed by atoms with van der Waals surface area (Å²) in [4.78, 5) is 19.0. The van der Waals surface area contributed by atoms with E-state index in [4.69, 9.17) is 0 Å². The molecule has 0 aliphatic carbocycles. The standard InChI is InChI=1S/C26H23F6N5O3S2/c1-42(39,40)35-19-6-8-36(9-7-19)24-34-23(38)22(41-24)11-15-2-5-21-17(10-15)13-33-37(21)14-16-3-4-18(25(27,28)29)12-20(16)26(30,31)32/h2-5,10-13,19,35H,6-9,14H2,1H3. The Morgan fingerprint density at radius 1 is 1.05 bits per heavy atom. The lowest BCUT2D eigenvalue weighted by Crippen LogP contribution is -2.45. The third kappa shape index (κ3) is 6.81. The number of aromatic nitrogens is 2. The zero-order valence-corrected chi connectivity index (χ0v) is 23.5.